The second-order valence-electron chi connectivity index (χ2n) is 5.51. The van der Waals surface area contributed by atoms with Crippen LogP contribution in [0, 0.1) is 0 Å². The van der Waals surface area contributed by atoms with E-state index in [0.29, 0.717) is 5.92 Å². The molecule has 1 heterocycles. The van der Waals surface area contributed by atoms with Gasteiger partial charge in [0.25, 0.3) is 0 Å². The molecule has 1 saturated carbocycles. The molecule has 0 amide bonds. The third-order valence-electron chi connectivity index (χ3n) is 4.37. The lowest BCUT2D eigenvalue weighted by molar-refractivity contribution is -0.140. The Kier molecular flexibility index (Phi) is 3.52. The van der Waals surface area contributed by atoms with Gasteiger partial charge in [-0.3, -0.25) is 4.79 Å². The summed E-state index contributed by atoms with van der Waals surface area (Å²) in [5, 5.41) is 10.1. The van der Waals surface area contributed by atoms with E-state index in [-0.39, 0.29) is 0 Å². The third-order valence-corrected chi connectivity index (χ3v) is 5.75. The predicted molar refractivity (Wildman–Crippen MR) is 79.3 cm³/mol. The highest BCUT2D eigenvalue weighted by Gasteiger charge is 2.51. The van der Waals surface area contributed by atoms with Crippen molar-refractivity contribution < 1.29 is 9.90 Å². The standard InChI is InChI=1S/C15H17ClO2S/c16-13-9-11(15(5-6-15)14(17)18)1-2-12(13)10-3-7-19-8-4-10/h1-2,9-10H,3-8H2,(H,17,18). The van der Waals surface area contributed by atoms with Crippen LogP contribution in [-0.4, -0.2) is 22.6 Å². The van der Waals surface area contributed by atoms with Crippen LogP contribution in [0.2, 0.25) is 5.02 Å². The number of thioether (sulfide) groups is 1. The molecule has 4 heteroatoms. The van der Waals surface area contributed by atoms with E-state index in [4.69, 9.17) is 11.6 Å². The Morgan fingerprint density at radius 1 is 1.32 bits per heavy atom. The third kappa shape index (κ3) is 2.38. The van der Waals surface area contributed by atoms with E-state index < -0.39 is 11.4 Å². The van der Waals surface area contributed by atoms with Crippen molar-refractivity contribution in [1.29, 1.82) is 0 Å². The highest BCUT2D eigenvalue weighted by molar-refractivity contribution is 7.99. The molecule has 0 spiro atoms. The summed E-state index contributed by atoms with van der Waals surface area (Å²) in [4.78, 5) is 11.3. The lowest BCUT2D eigenvalue weighted by Crippen LogP contribution is -2.19. The van der Waals surface area contributed by atoms with Crippen LogP contribution in [0.25, 0.3) is 0 Å². The van der Waals surface area contributed by atoms with Crippen molar-refractivity contribution in [2.24, 2.45) is 0 Å². The number of hydrogen-bond donors (Lipinski definition) is 1. The first-order valence-electron chi connectivity index (χ1n) is 6.74. The van der Waals surface area contributed by atoms with Crippen LogP contribution in [-0.2, 0) is 10.2 Å². The second-order valence-corrected chi connectivity index (χ2v) is 7.14. The molecule has 3 rings (SSSR count). The van der Waals surface area contributed by atoms with Gasteiger partial charge < -0.3 is 5.11 Å². The summed E-state index contributed by atoms with van der Waals surface area (Å²) >= 11 is 8.40. The quantitative estimate of drug-likeness (QED) is 0.913. The van der Waals surface area contributed by atoms with Gasteiger partial charge in [-0.25, -0.2) is 0 Å². The number of carboxylic acid groups (broad SMARTS) is 1. The normalized spacial score (nSPS) is 22.2. The fourth-order valence-electron chi connectivity index (χ4n) is 2.92. The van der Waals surface area contributed by atoms with Crippen LogP contribution in [0.5, 0.6) is 0 Å². The summed E-state index contributed by atoms with van der Waals surface area (Å²) in [6.45, 7) is 0. The molecular weight excluding hydrogens is 280 g/mol. The molecule has 0 atom stereocenters. The molecule has 1 aromatic rings. The Morgan fingerprint density at radius 3 is 2.53 bits per heavy atom. The number of halogens is 1. The van der Waals surface area contributed by atoms with Gasteiger partial charge in [0, 0.05) is 5.02 Å². The summed E-state index contributed by atoms with van der Waals surface area (Å²) in [7, 11) is 0. The Balaban J connectivity index is 1.88. The van der Waals surface area contributed by atoms with Crippen molar-refractivity contribution in [3.05, 3.63) is 34.3 Å². The molecule has 0 unspecified atom stereocenters. The highest BCUT2D eigenvalue weighted by atomic mass is 35.5. The summed E-state index contributed by atoms with van der Waals surface area (Å²) in [6.07, 6.45) is 3.82. The average molecular weight is 297 g/mol. The molecule has 1 N–H and O–H groups in total. The van der Waals surface area contributed by atoms with Crippen LogP contribution in [0.4, 0.5) is 0 Å². The first-order chi connectivity index (χ1) is 9.13. The van der Waals surface area contributed by atoms with Gasteiger partial charge in [-0.05, 0) is 60.3 Å². The lowest BCUT2D eigenvalue weighted by Gasteiger charge is -2.23. The number of carboxylic acids is 1. The molecule has 1 aliphatic carbocycles. The molecule has 102 valence electrons. The number of rotatable bonds is 3. The molecular formula is C15H17ClO2S. The van der Waals surface area contributed by atoms with Crippen LogP contribution >= 0.6 is 23.4 Å². The van der Waals surface area contributed by atoms with Gasteiger partial charge in [-0.2, -0.15) is 11.8 Å². The number of hydrogen-bond acceptors (Lipinski definition) is 2. The van der Waals surface area contributed by atoms with Gasteiger partial charge in [0.05, 0.1) is 5.41 Å². The maximum atomic E-state index is 11.3. The van der Waals surface area contributed by atoms with Gasteiger partial charge in [-0.15, -0.1) is 0 Å². The zero-order chi connectivity index (χ0) is 13.5. The van der Waals surface area contributed by atoms with E-state index in [9.17, 15) is 9.90 Å². The number of aliphatic carboxylic acids is 1. The molecule has 2 nitrogen and oxygen atoms in total. The molecule has 2 aliphatic rings. The largest absolute Gasteiger partial charge is 0.481 e. The van der Waals surface area contributed by atoms with Gasteiger partial charge in [0.15, 0.2) is 0 Å². The Bertz CT molecular complexity index is 505. The summed E-state index contributed by atoms with van der Waals surface area (Å²) < 4.78 is 0. The lowest BCUT2D eigenvalue weighted by atomic mass is 9.89. The molecule has 0 radical (unpaired) electrons. The number of carbonyl (C=O) groups is 1. The fraction of sp³-hybridized carbons (Fsp3) is 0.533. The Hall–Kier alpha value is -0.670. The minimum absolute atomic E-state index is 0.544. The summed E-state index contributed by atoms with van der Waals surface area (Å²) in [5.41, 5.74) is 1.43. The average Bonchev–Trinajstić information content (AvgIpc) is 3.21. The molecule has 2 fully saturated rings. The monoisotopic (exact) mass is 296 g/mol. The van der Waals surface area contributed by atoms with Crippen LogP contribution in [0.1, 0.15) is 42.7 Å². The van der Waals surface area contributed by atoms with Gasteiger partial charge in [0.2, 0.25) is 0 Å². The van der Waals surface area contributed by atoms with E-state index in [0.717, 1.165) is 23.4 Å². The minimum Gasteiger partial charge on any atom is -0.481 e. The predicted octanol–water partition coefficient (Wildman–Crippen LogP) is 4.07. The van der Waals surface area contributed by atoms with Crippen molar-refractivity contribution in [2.75, 3.05) is 11.5 Å². The van der Waals surface area contributed by atoms with Crippen LogP contribution in [0.15, 0.2) is 18.2 Å². The molecule has 0 aromatic heterocycles. The molecule has 19 heavy (non-hydrogen) atoms. The van der Waals surface area contributed by atoms with E-state index in [1.54, 1.807) is 0 Å². The van der Waals surface area contributed by atoms with E-state index in [1.807, 2.05) is 23.9 Å². The Labute approximate surface area is 122 Å². The molecule has 1 aliphatic heterocycles. The van der Waals surface area contributed by atoms with Crippen molar-refractivity contribution in [3.8, 4) is 0 Å². The molecule has 1 saturated heterocycles. The van der Waals surface area contributed by atoms with Crippen LogP contribution < -0.4 is 0 Å². The van der Waals surface area contributed by atoms with Crippen LogP contribution in [0.3, 0.4) is 0 Å². The SMILES string of the molecule is O=C(O)C1(c2ccc(C3CCSCC3)c(Cl)c2)CC1. The zero-order valence-electron chi connectivity index (χ0n) is 10.7. The smallest absolute Gasteiger partial charge is 0.314 e. The van der Waals surface area contributed by atoms with Gasteiger partial charge >= 0.3 is 5.97 Å². The first-order valence-corrected chi connectivity index (χ1v) is 8.28. The maximum absolute atomic E-state index is 11.3. The maximum Gasteiger partial charge on any atom is 0.314 e. The Morgan fingerprint density at radius 2 is 2.00 bits per heavy atom. The summed E-state index contributed by atoms with van der Waals surface area (Å²) in [6, 6.07) is 5.92. The summed E-state index contributed by atoms with van der Waals surface area (Å²) in [5.74, 6) is 2.22. The molecule has 1 aromatic carbocycles. The van der Waals surface area contributed by atoms with Crippen molar-refractivity contribution >= 4 is 29.3 Å². The fourth-order valence-corrected chi connectivity index (χ4v) is 4.36. The molecule has 0 bridgehead atoms. The first kappa shape index (κ1) is 13.3. The number of benzene rings is 1. The van der Waals surface area contributed by atoms with E-state index in [1.165, 1.54) is 29.9 Å². The highest BCUT2D eigenvalue weighted by Crippen LogP contribution is 2.49. The van der Waals surface area contributed by atoms with Crippen molar-refractivity contribution in [3.63, 3.8) is 0 Å². The van der Waals surface area contributed by atoms with Crippen molar-refractivity contribution in [2.45, 2.75) is 37.0 Å². The van der Waals surface area contributed by atoms with E-state index in [2.05, 4.69) is 6.07 Å². The second kappa shape index (κ2) is 5.02. The van der Waals surface area contributed by atoms with Crippen molar-refractivity contribution in [1.82, 2.24) is 0 Å². The van der Waals surface area contributed by atoms with Gasteiger partial charge in [-0.1, -0.05) is 23.7 Å². The van der Waals surface area contributed by atoms with E-state index >= 15 is 0 Å². The van der Waals surface area contributed by atoms with Gasteiger partial charge in [0.1, 0.15) is 0 Å². The minimum atomic E-state index is -0.717. The zero-order valence-corrected chi connectivity index (χ0v) is 12.3. The topological polar surface area (TPSA) is 37.3 Å².